The Morgan fingerprint density at radius 2 is 2.05 bits per heavy atom. The van der Waals surface area contributed by atoms with Crippen molar-refractivity contribution < 1.29 is 13.2 Å². The highest BCUT2D eigenvalue weighted by atomic mass is 32.1. The number of H-pyrrole nitrogens is 1. The average molecular weight is 325 g/mol. The van der Waals surface area contributed by atoms with Crippen LogP contribution in [0, 0.1) is 6.92 Å². The standard InChI is InChI=1S/C13H10F3N5S/c1-7-2-8(4-9(3-7)13(14,15)16)12-17-10(6-22-12)5-11-18-20-21-19-11/h2-4,6H,5H2,1H3,(H,18,19,20,21). The Balaban J connectivity index is 1.91. The first-order valence-electron chi connectivity index (χ1n) is 6.28. The van der Waals surface area contributed by atoms with E-state index in [1.54, 1.807) is 18.4 Å². The number of aromatic nitrogens is 5. The van der Waals surface area contributed by atoms with Gasteiger partial charge >= 0.3 is 6.18 Å². The van der Waals surface area contributed by atoms with E-state index in [1.165, 1.54) is 11.3 Å². The van der Waals surface area contributed by atoms with Crippen LogP contribution >= 0.6 is 11.3 Å². The highest BCUT2D eigenvalue weighted by Gasteiger charge is 2.31. The zero-order chi connectivity index (χ0) is 15.7. The topological polar surface area (TPSA) is 67.3 Å². The van der Waals surface area contributed by atoms with E-state index < -0.39 is 11.7 Å². The first kappa shape index (κ1) is 14.6. The van der Waals surface area contributed by atoms with Crippen LogP contribution in [0.5, 0.6) is 0 Å². The Hall–Kier alpha value is -2.29. The van der Waals surface area contributed by atoms with Gasteiger partial charge in [-0.2, -0.15) is 18.4 Å². The molecule has 3 rings (SSSR count). The minimum absolute atomic E-state index is 0.380. The number of aryl methyl sites for hydroxylation is 1. The molecule has 0 saturated carbocycles. The summed E-state index contributed by atoms with van der Waals surface area (Å²) in [5.74, 6) is 0.483. The van der Waals surface area contributed by atoms with Crippen molar-refractivity contribution in [3.63, 3.8) is 0 Å². The van der Waals surface area contributed by atoms with Gasteiger partial charge in [-0.25, -0.2) is 4.98 Å². The Morgan fingerprint density at radius 3 is 2.73 bits per heavy atom. The van der Waals surface area contributed by atoms with E-state index >= 15 is 0 Å². The molecule has 0 spiro atoms. The van der Waals surface area contributed by atoms with Crippen LogP contribution in [0.2, 0.25) is 0 Å². The van der Waals surface area contributed by atoms with E-state index in [2.05, 4.69) is 25.6 Å². The van der Waals surface area contributed by atoms with Gasteiger partial charge in [0.25, 0.3) is 0 Å². The van der Waals surface area contributed by atoms with E-state index in [9.17, 15) is 13.2 Å². The van der Waals surface area contributed by atoms with E-state index in [-0.39, 0.29) is 0 Å². The van der Waals surface area contributed by atoms with Crippen molar-refractivity contribution in [3.8, 4) is 10.6 Å². The van der Waals surface area contributed by atoms with Crippen molar-refractivity contribution in [2.24, 2.45) is 0 Å². The number of benzene rings is 1. The lowest BCUT2D eigenvalue weighted by Crippen LogP contribution is -2.05. The predicted octanol–water partition coefficient (Wildman–Crippen LogP) is 3.24. The summed E-state index contributed by atoms with van der Waals surface area (Å²) in [4.78, 5) is 4.35. The molecule has 0 unspecified atom stereocenters. The molecular weight excluding hydrogens is 315 g/mol. The summed E-state index contributed by atoms with van der Waals surface area (Å²) < 4.78 is 38.6. The molecule has 0 aliphatic rings. The van der Waals surface area contributed by atoms with E-state index in [4.69, 9.17) is 0 Å². The number of aromatic amines is 1. The lowest BCUT2D eigenvalue weighted by molar-refractivity contribution is -0.137. The molecule has 5 nitrogen and oxygen atoms in total. The molecule has 0 bridgehead atoms. The molecule has 0 radical (unpaired) electrons. The summed E-state index contributed by atoms with van der Waals surface area (Å²) in [5.41, 5.74) is 1.02. The molecule has 0 atom stereocenters. The highest BCUT2D eigenvalue weighted by molar-refractivity contribution is 7.13. The lowest BCUT2D eigenvalue weighted by atomic mass is 10.1. The maximum Gasteiger partial charge on any atom is 0.416 e. The molecule has 114 valence electrons. The van der Waals surface area contributed by atoms with Crippen LogP contribution in [-0.2, 0) is 12.6 Å². The second kappa shape index (κ2) is 5.48. The Bertz CT molecular complexity index is 779. The highest BCUT2D eigenvalue weighted by Crippen LogP contribution is 2.34. The van der Waals surface area contributed by atoms with Crippen molar-refractivity contribution in [2.75, 3.05) is 0 Å². The minimum atomic E-state index is -4.37. The number of nitrogens with one attached hydrogen (secondary N) is 1. The second-order valence-corrected chi connectivity index (χ2v) is 5.59. The smallest absolute Gasteiger partial charge is 0.241 e. The predicted molar refractivity (Wildman–Crippen MR) is 74.3 cm³/mol. The van der Waals surface area contributed by atoms with Crippen LogP contribution in [0.25, 0.3) is 10.6 Å². The number of halogens is 3. The number of alkyl halides is 3. The number of rotatable bonds is 3. The van der Waals surface area contributed by atoms with Crippen LogP contribution in [0.1, 0.15) is 22.6 Å². The molecule has 3 aromatic rings. The molecular formula is C13H10F3N5S. The van der Waals surface area contributed by atoms with Gasteiger partial charge in [-0.3, -0.25) is 0 Å². The van der Waals surface area contributed by atoms with Gasteiger partial charge in [0.05, 0.1) is 17.7 Å². The van der Waals surface area contributed by atoms with Crippen LogP contribution < -0.4 is 0 Å². The summed E-state index contributed by atoms with van der Waals surface area (Å²) in [7, 11) is 0. The number of hydrogen-bond acceptors (Lipinski definition) is 5. The quantitative estimate of drug-likeness (QED) is 0.803. The zero-order valence-electron chi connectivity index (χ0n) is 11.3. The van der Waals surface area contributed by atoms with Gasteiger partial charge < -0.3 is 0 Å². The average Bonchev–Trinajstić information content (AvgIpc) is 3.09. The summed E-state index contributed by atoms with van der Waals surface area (Å²) in [5, 5.41) is 15.7. The molecule has 9 heteroatoms. The number of tetrazole rings is 1. The molecule has 22 heavy (non-hydrogen) atoms. The maximum absolute atomic E-state index is 12.9. The third kappa shape index (κ3) is 3.14. The SMILES string of the molecule is Cc1cc(-c2nc(Cc3nn[nH]n3)cs2)cc(C(F)(F)F)c1. The fourth-order valence-corrected chi connectivity index (χ4v) is 2.82. The normalized spacial score (nSPS) is 11.8. The van der Waals surface area contributed by atoms with Crippen molar-refractivity contribution in [1.82, 2.24) is 25.6 Å². The van der Waals surface area contributed by atoms with Gasteiger partial charge in [0.15, 0.2) is 5.82 Å². The van der Waals surface area contributed by atoms with Crippen molar-refractivity contribution >= 4 is 11.3 Å². The number of nitrogens with zero attached hydrogens (tertiary/aromatic N) is 4. The van der Waals surface area contributed by atoms with Crippen LogP contribution in [-0.4, -0.2) is 25.6 Å². The summed E-state index contributed by atoms with van der Waals surface area (Å²) in [6.07, 6.45) is -3.99. The Labute approximate surface area is 127 Å². The van der Waals surface area contributed by atoms with Crippen LogP contribution in [0.3, 0.4) is 0 Å². The molecule has 0 aliphatic carbocycles. The molecule has 1 aromatic carbocycles. The van der Waals surface area contributed by atoms with Crippen LogP contribution in [0.15, 0.2) is 23.6 Å². The van der Waals surface area contributed by atoms with Gasteiger partial charge in [-0.15, -0.1) is 21.5 Å². The molecule has 1 N–H and O–H groups in total. The third-order valence-corrected chi connectivity index (χ3v) is 3.87. The molecule has 0 amide bonds. The maximum atomic E-state index is 12.9. The monoisotopic (exact) mass is 325 g/mol. The molecule has 0 fully saturated rings. The molecule has 0 aliphatic heterocycles. The van der Waals surface area contributed by atoms with E-state index in [1.807, 2.05) is 0 Å². The van der Waals surface area contributed by atoms with Crippen LogP contribution in [0.4, 0.5) is 13.2 Å². The first-order chi connectivity index (χ1) is 10.4. The fourth-order valence-electron chi connectivity index (χ4n) is 2.01. The minimum Gasteiger partial charge on any atom is -0.241 e. The molecule has 2 aromatic heterocycles. The second-order valence-electron chi connectivity index (χ2n) is 4.73. The van der Waals surface area contributed by atoms with Gasteiger partial charge in [0, 0.05) is 10.9 Å². The number of hydrogen-bond donors (Lipinski definition) is 1. The van der Waals surface area contributed by atoms with E-state index in [0.29, 0.717) is 34.1 Å². The van der Waals surface area contributed by atoms with Gasteiger partial charge in [0.1, 0.15) is 5.01 Å². The third-order valence-electron chi connectivity index (χ3n) is 2.93. The van der Waals surface area contributed by atoms with Gasteiger partial charge in [-0.05, 0) is 30.7 Å². The van der Waals surface area contributed by atoms with Crippen molar-refractivity contribution in [3.05, 3.63) is 46.2 Å². The fraction of sp³-hybridized carbons (Fsp3) is 0.231. The van der Waals surface area contributed by atoms with Gasteiger partial charge in [-0.1, -0.05) is 5.21 Å². The molecule has 0 saturated heterocycles. The first-order valence-corrected chi connectivity index (χ1v) is 7.16. The van der Waals surface area contributed by atoms with Gasteiger partial charge in [0.2, 0.25) is 0 Å². The lowest BCUT2D eigenvalue weighted by Gasteiger charge is -2.09. The zero-order valence-corrected chi connectivity index (χ0v) is 12.2. The van der Waals surface area contributed by atoms with Crippen molar-refractivity contribution in [2.45, 2.75) is 19.5 Å². The summed E-state index contributed by atoms with van der Waals surface area (Å²) >= 11 is 1.29. The summed E-state index contributed by atoms with van der Waals surface area (Å²) in [6.45, 7) is 1.63. The summed E-state index contributed by atoms with van der Waals surface area (Å²) in [6, 6.07) is 3.92. The Kier molecular flexibility index (Phi) is 3.65. The molecule has 2 heterocycles. The Morgan fingerprint density at radius 1 is 1.23 bits per heavy atom. The number of thiazole rings is 1. The van der Waals surface area contributed by atoms with Crippen molar-refractivity contribution in [1.29, 1.82) is 0 Å². The van der Waals surface area contributed by atoms with E-state index in [0.717, 1.165) is 12.1 Å². The largest absolute Gasteiger partial charge is 0.416 e.